The molecule has 7 nitrogen and oxygen atoms in total. The van der Waals surface area contributed by atoms with Crippen molar-refractivity contribution in [3.05, 3.63) is 58.5 Å². The topological polar surface area (TPSA) is 85.3 Å². The zero-order valence-electron chi connectivity index (χ0n) is 19.9. The van der Waals surface area contributed by atoms with Gasteiger partial charge >= 0.3 is 0 Å². The third-order valence-electron chi connectivity index (χ3n) is 5.27. The lowest BCUT2D eigenvalue weighted by Gasteiger charge is -2.12. The Morgan fingerprint density at radius 3 is 2.41 bits per heavy atom. The van der Waals surface area contributed by atoms with Crippen LogP contribution in [-0.4, -0.2) is 44.7 Å². The van der Waals surface area contributed by atoms with Crippen molar-refractivity contribution in [2.24, 2.45) is 4.40 Å². The first-order valence-electron chi connectivity index (χ1n) is 11.3. The number of sulfonamides is 1. The Labute approximate surface area is 205 Å². The lowest BCUT2D eigenvalue weighted by molar-refractivity contribution is -0.122. The summed E-state index contributed by atoms with van der Waals surface area (Å²) in [5.41, 5.74) is 1.79. The molecule has 1 saturated heterocycles. The summed E-state index contributed by atoms with van der Waals surface area (Å²) in [6, 6.07) is 12.1. The molecule has 34 heavy (non-hydrogen) atoms. The van der Waals surface area contributed by atoms with Gasteiger partial charge in [-0.3, -0.25) is 9.69 Å². The average Bonchev–Trinajstić information content (AvgIpc) is 3.12. The van der Waals surface area contributed by atoms with E-state index < -0.39 is 10.0 Å². The summed E-state index contributed by atoms with van der Waals surface area (Å²) in [4.78, 5) is 14.8. The monoisotopic (exact) mass is 502 g/mol. The third-order valence-corrected chi connectivity index (χ3v) is 7.68. The number of hydrogen-bond donors (Lipinski definition) is 0. The highest BCUT2D eigenvalue weighted by atomic mass is 32.2. The van der Waals surface area contributed by atoms with Crippen molar-refractivity contribution in [1.29, 1.82) is 0 Å². The van der Waals surface area contributed by atoms with Gasteiger partial charge in [-0.05, 0) is 73.0 Å². The number of amides is 1. The zero-order valence-corrected chi connectivity index (χ0v) is 21.5. The number of carbonyl (C=O) groups excluding carboxylic acids is 1. The summed E-state index contributed by atoms with van der Waals surface area (Å²) in [5.74, 6) is 0.924. The highest BCUT2D eigenvalue weighted by Crippen LogP contribution is 2.35. The van der Waals surface area contributed by atoms with Gasteiger partial charge in [-0.1, -0.05) is 38.5 Å². The van der Waals surface area contributed by atoms with Crippen molar-refractivity contribution in [1.82, 2.24) is 4.90 Å². The number of hydrogen-bond acceptors (Lipinski definition) is 6. The van der Waals surface area contributed by atoms with Crippen molar-refractivity contribution in [3.8, 4) is 11.5 Å². The molecule has 1 aliphatic rings. The highest BCUT2D eigenvalue weighted by Gasteiger charge is 2.34. The lowest BCUT2D eigenvalue weighted by atomic mass is 10.2. The van der Waals surface area contributed by atoms with Crippen LogP contribution < -0.4 is 9.47 Å². The molecular weight excluding hydrogens is 472 g/mol. The first-order valence-corrected chi connectivity index (χ1v) is 13.5. The molecule has 2 aromatic rings. The fourth-order valence-electron chi connectivity index (χ4n) is 3.28. The molecule has 2 aromatic carbocycles. The van der Waals surface area contributed by atoms with Gasteiger partial charge < -0.3 is 9.47 Å². The van der Waals surface area contributed by atoms with Gasteiger partial charge in [-0.15, -0.1) is 4.40 Å². The summed E-state index contributed by atoms with van der Waals surface area (Å²) in [5, 5.41) is 0.145. The van der Waals surface area contributed by atoms with Crippen molar-refractivity contribution in [3.63, 3.8) is 0 Å². The van der Waals surface area contributed by atoms with Crippen LogP contribution in [0, 0.1) is 0 Å². The Balaban J connectivity index is 1.90. The molecule has 0 aliphatic carbocycles. The number of ether oxygens (including phenoxy) is 2. The van der Waals surface area contributed by atoms with Gasteiger partial charge in [0.15, 0.2) is 16.7 Å². The number of nitrogens with zero attached hydrogens (tertiary/aromatic N) is 2. The van der Waals surface area contributed by atoms with E-state index in [1.54, 1.807) is 50.4 Å². The van der Waals surface area contributed by atoms with E-state index in [4.69, 9.17) is 9.47 Å². The van der Waals surface area contributed by atoms with E-state index in [0.717, 1.165) is 42.2 Å². The molecule has 1 heterocycles. The summed E-state index contributed by atoms with van der Waals surface area (Å²) in [6.07, 6.45) is 4.46. The quantitative estimate of drug-likeness (QED) is 0.331. The maximum absolute atomic E-state index is 13.0. The van der Waals surface area contributed by atoms with E-state index in [2.05, 4.69) is 11.3 Å². The molecule has 0 unspecified atom stereocenters. The van der Waals surface area contributed by atoms with Crippen LogP contribution in [0.5, 0.6) is 11.5 Å². The number of amidine groups is 1. The van der Waals surface area contributed by atoms with Crippen LogP contribution in [0.3, 0.4) is 0 Å². The lowest BCUT2D eigenvalue weighted by Crippen LogP contribution is -2.29. The SMILES string of the molecule is CCCCOc1cc(/C=C2\SC(=NS(=O)(=O)c3ccc(CC)cc3)N(CC)C2=O)ccc1OC. The number of likely N-dealkylation sites (N-methyl/N-ethyl adjacent to an activating group) is 1. The molecule has 0 radical (unpaired) electrons. The fraction of sp³-hybridized carbons (Fsp3) is 0.360. The van der Waals surface area contributed by atoms with Crippen molar-refractivity contribution in [2.75, 3.05) is 20.3 Å². The first-order chi connectivity index (χ1) is 16.3. The van der Waals surface area contributed by atoms with Crippen LogP contribution in [0.1, 0.15) is 44.7 Å². The van der Waals surface area contributed by atoms with E-state index in [1.807, 2.05) is 19.1 Å². The molecule has 0 saturated carbocycles. The van der Waals surface area contributed by atoms with E-state index >= 15 is 0 Å². The normalized spacial score (nSPS) is 16.5. The maximum atomic E-state index is 13.0. The van der Waals surface area contributed by atoms with Gasteiger partial charge in [0, 0.05) is 6.54 Å². The molecule has 0 bridgehead atoms. The molecule has 1 fully saturated rings. The van der Waals surface area contributed by atoms with Gasteiger partial charge in [0.1, 0.15) is 0 Å². The van der Waals surface area contributed by atoms with E-state index in [1.165, 1.54) is 4.90 Å². The number of carbonyl (C=O) groups is 1. The van der Waals surface area contributed by atoms with Gasteiger partial charge in [-0.25, -0.2) is 0 Å². The molecule has 0 atom stereocenters. The molecule has 182 valence electrons. The Kier molecular flexibility index (Phi) is 8.79. The second kappa shape index (κ2) is 11.6. The van der Waals surface area contributed by atoms with Crippen LogP contribution in [0.25, 0.3) is 6.08 Å². The minimum Gasteiger partial charge on any atom is -0.493 e. The molecule has 0 aromatic heterocycles. The summed E-state index contributed by atoms with van der Waals surface area (Å²) < 4.78 is 40.9. The third kappa shape index (κ3) is 6.01. The predicted octanol–water partition coefficient (Wildman–Crippen LogP) is 5.12. The number of aryl methyl sites for hydroxylation is 1. The molecule has 1 aliphatic heterocycles. The first kappa shape index (κ1) is 25.8. The minimum atomic E-state index is -3.95. The largest absolute Gasteiger partial charge is 0.493 e. The van der Waals surface area contributed by atoms with Gasteiger partial charge in [-0.2, -0.15) is 8.42 Å². The fourth-order valence-corrected chi connectivity index (χ4v) is 5.53. The van der Waals surface area contributed by atoms with Gasteiger partial charge in [0.2, 0.25) is 0 Å². The van der Waals surface area contributed by atoms with E-state index in [9.17, 15) is 13.2 Å². The van der Waals surface area contributed by atoms with E-state index in [0.29, 0.717) is 29.6 Å². The minimum absolute atomic E-state index is 0.0998. The molecule has 1 amide bonds. The molecule has 9 heteroatoms. The standard InChI is InChI=1S/C25H30N2O5S2/c1-5-8-15-32-22-16-19(11-14-21(22)31-4)17-23-24(28)27(7-3)25(33-23)26-34(29,30)20-12-9-18(6-2)10-13-20/h9-14,16-17H,5-8,15H2,1-4H3/b23-17-,26-25?. The number of thioether (sulfide) groups is 1. The van der Waals surface area contributed by atoms with Crippen LogP contribution in [-0.2, 0) is 21.2 Å². The Bertz CT molecular complexity index is 1190. The zero-order chi connectivity index (χ0) is 24.7. The molecule has 0 N–H and O–H groups in total. The van der Waals surface area contributed by atoms with Crippen molar-refractivity contribution < 1.29 is 22.7 Å². The average molecular weight is 503 g/mol. The summed E-state index contributed by atoms with van der Waals surface area (Å²) >= 11 is 1.05. The van der Waals surface area contributed by atoms with Crippen molar-refractivity contribution >= 4 is 38.9 Å². The second-order valence-electron chi connectivity index (χ2n) is 7.62. The predicted molar refractivity (Wildman–Crippen MR) is 137 cm³/mol. The highest BCUT2D eigenvalue weighted by molar-refractivity contribution is 8.19. The molecule has 0 spiro atoms. The van der Waals surface area contributed by atoms with Crippen LogP contribution in [0.2, 0.25) is 0 Å². The molecular formula is C25H30N2O5S2. The van der Waals surface area contributed by atoms with Gasteiger partial charge in [0.05, 0.1) is 23.5 Å². The number of benzene rings is 2. The number of rotatable bonds is 10. The maximum Gasteiger partial charge on any atom is 0.284 e. The van der Waals surface area contributed by atoms with Crippen LogP contribution >= 0.6 is 11.8 Å². The van der Waals surface area contributed by atoms with Crippen LogP contribution in [0.4, 0.5) is 0 Å². The smallest absolute Gasteiger partial charge is 0.284 e. The summed E-state index contributed by atoms with van der Waals surface area (Å²) in [6.45, 7) is 6.75. The number of unbranched alkanes of at least 4 members (excludes halogenated alkanes) is 1. The summed E-state index contributed by atoms with van der Waals surface area (Å²) in [7, 11) is -2.37. The number of methoxy groups -OCH3 is 1. The van der Waals surface area contributed by atoms with Crippen molar-refractivity contribution in [2.45, 2.75) is 44.9 Å². The van der Waals surface area contributed by atoms with E-state index in [-0.39, 0.29) is 16.0 Å². The van der Waals surface area contributed by atoms with Crippen LogP contribution in [0.15, 0.2) is 56.7 Å². The Hall–Kier alpha value is -2.78. The second-order valence-corrected chi connectivity index (χ2v) is 10.2. The Morgan fingerprint density at radius 2 is 1.79 bits per heavy atom. The van der Waals surface area contributed by atoms with Gasteiger partial charge in [0.25, 0.3) is 15.9 Å². The Morgan fingerprint density at radius 1 is 1.06 bits per heavy atom. The molecule has 3 rings (SSSR count).